The maximum Gasteiger partial charge on any atom is 0.161 e. The topological polar surface area (TPSA) is 23.1 Å². The molecule has 0 fully saturated rings. The Morgan fingerprint density at radius 1 is 0.812 bits per heavy atom. The van der Waals surface area contributed by atoms with E-state index >= 15 is 0 Å². The molecular weight excluding hydrogens is 230 g/mol. The van der Waals surface area contributed by atoms with Gasteiger partial charge in [-0.3, -0.25) is 0 Å². The standard InChI is InChI=1S/C12H8F2OS/c13-9-4-6-11(7-5-9)16(15)12-3-1-2-10(14)8-12/h1-8H. The van der Waals surface area contributed by atoms with Gasteiger partial charge in [-0.15, -0.1) is 0 Å². The zero-order chi connectivity index (χ0) is 11.5. The van der Waals surface area contributed by atoms with Crippen LogP contribution in [0.1, 0.15) is 0 Å². The molecule has 0 saturated carbocycles. The molecular formula is C12H8F2OS. The molecule has 0 aliphatic carbocycles. The molecule has 1 atom stereocenters. The summed E-state index contributed by atoms with van der Waals surface area (Å²) in [6, 6.07) is 10.9. The van der Waals surface area contributed by atoms with Crippen LogP contribution >= 0.6 is 0 Å². The van der Waals surface area contributed by atoms with E-state index in [2.05, 4.69) is 0 Å². The van der Waals surface area contributed by atoms with Crippen molar-refractivity contribution in [2.45, 2.75) is 9.79 Å². The van der Waals surface area contributed by atoms with E-state index in [9.17, 15) is 13.3 Å². The summed E-state index contributed by atoms with van der Waals surface area (Å²) in [5.74, 6) is -0.826. The largest absolute Gasteiger partial charge is 0.606 e. The monoisotopic (exact) mass is 238 g/mol. The molecule has 2 aromatic rings. The van der Waals surface area contributed by atoms with Gasteiger partial charge in [0.05, 0.1) is 0 Å². The fraction of sp³-hybridized carbons (Fsp3) is 0. The van der Waals surface area contributed by atoms with Crippen LogP contribution in [-0.4, -0.2) is 4.55 Å². The molecule has 4 heteroatoms. The molecule has 0 N–H and O–H groups in total. The lowest BCUT2D eigenvalue weighted by molar-refractivity contribution is 0.589. The lowest BCUT2D eigenvalue weighted by atomic mass is 10.3. The van der Waals surface area contributed by atoms with E-state index in [0.717, 1.165) is 0 Å². The summed E-state index contributed by atoms with van der Waals surface area (Å²) in [6.45, 7) is 0. The van der Waals surface area contributed by atoms with Gasteiger partial charge in [0.25, 0.3) is 0 Å². The number of benzene rings is 2. The zero-order valence-electron chi connectivity index (χ0n) is 8.19. The first-order valence-electron chi connectivity index (χ1n) is 4.60. The number of hydrogen-bond donors (Lipinski definition) is 0. The molecule has 0 radical (unpaired) electrons. The van der Waals surface area contributed by atoms with E-state index < -0.39 is 17.0 Å². The van der Waals surface area contributed by atoms with Crippen molar-refractivity contribution in [1.82, 2.24) is 0 Å². The third-order valence-electron chi connectivity index (χ3n) is 2.04. The van der Waals surface area contributed by atoms with Crippen LogP contribution in [-0.2, 0) is 11.2 Å². The van der Waals surface area contributed by atoms with Crippen LogP contribution < -0.4 is 0 Å². The Hall–Kier alpha value is -1.39. The fourth-order valence-electron chi connectivity index (χ4n) is 1.28. The molecule has 0 amide bonds. The van der Waals surface area contributed by atoms with Crippen molar-refractivity contribution in [3.63, 3.8) is 0 Å². The van der Waals surface area contributed by atoms with Crippen LogP contribution in [0.15, 0.2) is 58.3 Å². The number of halogens is 2. The summed E-state index contributed by atoms with van der Waals surface area (Å²) in [5, 5.41) is 0. The van der Waals surface area contributed by atoms with Gasteiger partial charge in [-0.05, 0) is 36.4 Å². The lowest BCUT2D eigenvalue weighted by Crippen LogP contribution is -2.02. The summed E-state index contributed by atoms with van der Waals surface area (Å²) in [6.07, 6.45) is 0. The van der Waals surface area contributed by atoms with Crippen molar-refractivity contribution in [2.24, 2.45) is 0 Å². The van der Waals surface area contributed by atoms with Crippen LogP contribution in [0, 0.1) is 11.6 Å². The Balaban J connectivity index is 2.31. The second-order valence-electron chi connectivity index (χ2n) is 3.18. The first kappa shape index (κ1) is 11.1. The Labute approximate surface area is 94.9 Å². The van der Waals surface area contributed by atoms with E-state index in [0.29, 0.717) is 9.79 Å². The second-order valence-corrected chi connectivity index (χ2v) is 4.66. The van der Waals surface area contributed by atoms with Gasteiger partial charge in [0, 0.05) is 17.2 Å². The number of rotatable bonds is 2. The van der Waals surface area contributed by atoms with E-state index in [4.69, 9.17) is 0 Å². The number of hydrogen-bond acceptors (Lipinski definition) is 1. The molecule has 0 heterocycles. The summed E-state index contributed by atoms with van der Waals surface area (Å²) in [7, 11) is 0. The molecule has 0 spiro atoms. The Bertz CT molecular complexity index is 485. The van der Waals surface area contributed by atoms with Gasteiger partial charge in [-0.2, -0.15) is 0 Å². The molecule has 2 aromatic carbocycles. The summed E-state index contributed by atoms with van der Waals surface area (Å²) >= 11 is -1.47. The van der Waals surface area contributed by atoms with E-state index in [1.54, 1.807) is 6.07 Å². The molecule has 2 rings (SSSR count). The van der Waals surface area contributed by atoms with Gasteiger partial charge in [0.1, 0.15) is 11.6 Å². The first-order valence-corrected chi connectivity index (χ1v) is 5.75. The van der Waals surface area contributed by atoms with Gasteiger partial charge in [-0.1, -0.05) is 6.07 Å². The molecule has 0 aliphatic heterocycles. The van der Waals surface area contributed by atoms with Crippen molar-refractivity contribution in [3.8, 4) is 0 Å². The van der Waals surface area contributed by atoms with Gasteiger partial charge in [0.15, 0.2) is 9.79 Å². The minimum atomic E-state index is -1.47. The molecule has 0 aliphatic rings. The summed E-state index contributed by atoms with van der Waals surface area (Å²) in [5.41, 5.74) is 0. The minimum absolute atomic E-state index is 0.367. The molecule has 16 heavy (non-hydrogen) atoms. The molecule has 82 valence electrons. The van der Waals surface area contributed by atoms with Crippen LogP contribution in [0.25, 0.3) is 0 Å². The third-order valence-corrected chi connectivity index (χ3v) is 3.42. The summed E-state index contributed by atoms with van der Waals surface area (Å²) < 4.78 is 37.5. The highest BCUT2D eigenvalue weighted by Crippen LogP contribution is 2.21. The van der Waals surface area contributed by atoms with Crippen molar-refractivity contribution < 1.29 is 13.3 Å². The third kappa shape index (κ3) is 2.40. The normalized spacial score (nSPS) is 12.4. The molecule has 1 nitrogen and oxygen atoms in total. The fourth-order valence-corrected chi connectivity index (χ4v) is 2.35. The first-order chi connectivity index (χ1) is 7.66. The zero-order valence-corrected chi connectivity index (χ0v) is 9.01. The van der Waals surface area contributed by atoms with Gasteiger partial charge < -0.3 is 4.55 Å². The SMILES string of the molecule is [O-][S+](c1ccc(F)cc1)c1cccc(F)c1. The molecule has 1 unspecified atom stereocenters. The van der Waals surface area contributed by atoms with Crippen LogP contribution in [0.3, 0.4) is 0 Å². The predicted octanol–water partition coefficient (Wildman–Crippen LogP) is 3.13. The average Bonchev–Trinajstić information content (AvgIpc) is 2.29. The van der Waals surface area contributed by atoms with Crippen molar-refractivity contribution in [3.05, 3.63) is 60.2 Å². The second kappa shape index (κ2) is 4.63. The van der Waals surface area contributed by atoms with E-state index in [1.807, 2.05) is 0 Å². The van der Waals surface area contributed by atoms with E-state index in [1.165, 1.54) is 42.5 Å². The molecule has 0 aromatic heterocycles. The maximum absolute atomic E-state index is 12.9. The van der Waals surface area contributed by atoms with E-state index in [-0.39, 0.29) is 5.82 Å². The van der Waals surface area contributed by atoms with Crippen molar-refractivity contribution in [2.75, 3.05) is 0 Å². The van der Waals surface area contributed by atoms with Crippen molar-refractivity contribution >= 4 is 11.2 Å². The van der Waals surface area contributed by atoms with Gasteiger partial charge in [-0.25, -0.2) is 8.78 Å². The summed E-state index contributed by atoms with van der Waals surface area (Å²) in [4.78, 5) is 0.818. The van der Waals surface area contributed by atoms with Crippen LogP contribution in [0.2, 0.25) is 0 Å². The highest BCUT2D eigenvalue weighted by molar-refractivity contribution is 7.91. The van der Waals surface area contributed by atoms with Gasteiger partial charge >= 0.3 is 0 Å². The quantitative estimate of drug-likeness (QED) is 0.737. The Morgan fingerprint density at radius 3 is 2.12 bits per heavy atom. The predicted molar refractivity (Wildman–Crippen MR) is 57.5 cm³/mol. The molecule has 0 saturated heterocycles. The lowest BCUT2D eigenvalue weighted by Gasteiger charge is -2.09. The minimum Gasteiger partial charge on any atom is -0.606 e. The molecule has 0 bridgehead atoms. The highest BCUT2D eigenvalue weighted by Gasteiger charge is 2.14. The Kier molecular flexibility index (Phi) is 3.22. The average molecular weight is 238 g/mol. The van der Waals surface area contributed by atoms with Crippen LogP contribution in [0.4, 0.5) is 8.78 Å². The maximum atomic E-state index is 12.9. The van der Waals surface area contributed by atoms with Crippen LogP contribution in [0.5, 0.6) is 0 Å². The van der Waals surface area contributed by atoms with Gasteiger partial charge in [0.2, 0.25) is 0 Å². The smallest absolute Gasteiger partial charge is 0.161 e. The Morgan fingerprint density at radius 2 is 1.50 bits per heavy atom. The highest BCUT2D eigenvalue weighted by atomic mass is 32.2. The van der Waals surface area contributed by atoms with Crippen molar-refractivity contribution in [1.29, 1.82) is 0 Å².